The summed E-state index contributed by atoms with van der Waals surface area (Å²) in [6.45, 7) is 4.83. The highest BCUT2D eigenvalue weighted by Crippen LogP contribution is 2.31. The van der Waals surface area contributed by atoms with Crippen molar-refractivity contribution in [3.8, 4) is 5.75 Å². The summed E-state index contributed by atoms with van der Waals surface area (Å²) in [5, 5.41) is 4.42. The molecule has 0 radical (unpaired) electrons. The van der Waals surface area contributed by atoms with Crippen LogP contribution >= 0.6 is 0 Å². The molecule has 0 atom stereocenters. The van der Waals surface area contributed by atoms with Crippen LogP contribution < -0.4 is 10.1 Å². The molecule has 0 saturated carbocycles. The Morgan fingerprint density at radius 3 is 2.62 bits per heavy atom. The fourth-order valence-corrected chi connectivity index (χ4v) is 3.13. The van der Waals surface area contributed by atoms with E-state index in [-0.39, 0.29) is 0 Å². The quantitative estimate of drug-likeness (QED) is 0.577. The Balaban J connectivity index is 1.76. The predicted molar refractivity (Wildman–Crippen MR) is 101 cm³/mol. The molecule has 0 spiro atoms. The van der Waals surface area contributed by atoms with Gasteiger partial charge in [0.25, 0.3) is 0 Å². The minimum absolute atomic E-state index is 0.641. The molecular weight excluding hydrogens is 328 g/mol. The first-order chi connectivity index (χ1) is 12.7. The summed E-state index contributed by atoms with van der Waals surface area (Å²) in [5.74, 6) is 2.51. The molecule has 1 aromatic carbocycles. The van der Waals surface area contributed by atoms with Crippen molar-refractivity contribution in [1.29, 1.82) is 0 Å². The zero-order chi connectivity index (χ0) is 18.1. The summed E-state index contributed by atoms with van der Waals surface area (Å²) in [6, 6.07) is 11.6. The van der Waals surface area contributed by atoms with Crippen LogP contribution in [0.25, 0.3) is 11.0 Å². The SMILES string of the molecule is COc1ccc(Nc2ncnc3c2c(C)c(C)n3Cc2ccco2)cc1. The van der Waals surface area contributed by atoms with Crippen molar-refractivity contribution in [2.24, 2.45) is 0 Å². The van der Waals surface area contributed by atoms with E-state index < -0.39 is 0 Å². The first-order valence-corrected chi connectivity index (χ1v) is 8.41. The minimum atomic E-state index is 0.641. The Labute approximate surface area is 151 Å². The van der Waals surface area contributed by atoms with Crippen LogP contribution in [0.4, 0.5) is 11.5 Å². The van der Waals surface area contributed by atoms with Gasteiger partial charge in [-0.05, 0) is 55.8 Å². The van der Waals surface area contributed by atoms with Gasteiger partial charge in [-0.1, -0.05) is 0 Å². The third-order valence-electron chi connectivity index (χ3n) is 4.65. The molecule has 1 N–H and O–H groups in total. The van der Waals surface area contributed by atoms with E-state index >= 15 is 0 Å². The monoisotopic (exact) mass is 348 g/mol. The van der Waals surface area contributed by atoms with E-state index in [0.717, 1.165) is 45.3 Å². The van der Waals surface area contributed by atoms with Crippen molar-refractivity contribution >= 4 is 22.5 Å². The zero-order valence-electron chi connectivity index (χ0n) is 15.0. The number of ether oxygens (including phenoxy) is 1. The number of nitrogens with zero attached hydrogens (tertiary/aromatic N) is 3. The Morgan fingerprint density at radius 1 is 1.12 bits per heavy atom. The first kappa shape index (κ1) is 16.2. The van der Waals surface area contributed by atoms with Gasteiger partial charge in [0, 0.05) is 11.4 Å². The van der Waals surface area contributed by atoms with E-state index in [1.54, 1.807) is 19.7 Å². The van der Waals surface area contributed by atoms with E-state index in [9.17, 15) is 0 Å². The minimum Gasteiger partial charge on any atom is -0.497 e. The van der Waals surface area contributed by atoms with Crippen molar-refractivity contribution in [2.45, 2.75) is 20.4 Å². The number of aryl methyl sites for hydroxylation is 1. The summed E-state index contributed by atoms with van der Waals surface area (Å²) in [6.07, 6.45) is 3.28. The Kier molecular flexibility index (Phi) is 4.08. The fourth-order valence-electron chi connectivity index (χ4n) is 3.13. The normalized spacial score (nSPS) is 11.0. The highest BCUT2D eigenvalue weighted by atomic mass is 16.5. The third kappa shape index (κ3) is 2.79. The van der Waals surface area contributed by atoms with Crippen molar-refractivity contribution in [2.75, 3.05) is 12.4 Å². The number of hydrogen-bond acceptors (Lipinski definition) is 5. The Hall–Kier alpha value is -3.28. The smallest absolute Gasteiger partial charge is 0.146 e. The molecule has 0 aliphatic carbocycles. The largest absolute Gasteiger partial charge is 0.497 e. The van der Waals surface area contributed by atoms with E-state index in [4.69, 9.17) is 9.15 Å². The van der Waals surface area contributed by atoms with Crippen molar-refractivity contribution in [3.05, 3.63) is 66.0 Å². The van der Waals surface area contributed by atoms with Gasteiger partial charge >= 0.3 is 0 Å². The second-order valence-corrected chi connectivity index (χ2v) is 6.15. The number of benzene rings is 1. The number of hydrogen-bond donors (Lipinski definition) is 1. The highest BCUT2D eigenvalue weighted by Gasteiger charge is 2.17. The van der Waals surface area contributed by atoms with Crippen molar-refractivity contribution < 1.29 is 9.15 Å². The Morgan fingerprint density at radius 2 is 1.92 bits per heavy atom. The van der Waals surface area contributed by atoms with Crippen LogP contribution in [0.1, 0.15) is 17.0 Å². The van der Waals surface area contributed by atoms with E-state index in [1.807, 2.05) is 36.4 Å². The van der Waals surface area contributed by atoms with Gasteiger partial charge in [-0.15, -0.1) is 0 Å². The maximum Gasteiger partial charge on any atom is 0.146 e. The Bertz CT molecular complexity index is 1030. The summed E-state index contributed by atoms with van der Waals surface area (Å²) < 4.78 is 12.9. The first-order valence-electron chi connectivity index (χ1n) is 8.41. The fraction of sp³-hybridized carbons (Fsp3) is 0.200. The molecule has 4 rings (SSSR count). The molecule has 132 valence electrons. The van der Waals surface area contributed by atoms with Crippen LogP contribution in [-0.4, -0.2) is 21.6 Å². The number of nitrogens with one attached hydrogen (secondary N) is 1. The predicted octanol–water partition coefficient (Wildman–Crippen LogP) is 4.44. The highest BCUT2D eigenvalue weighted by molar-refractivity contribution is 5.93. The van der Waals surface area contributed by atoms with Gasteiger partial charge in [0.15, 0.2) is 0 Å². The van der Waals surface area contributed by atoms with Gasteiger partial charge in [-0.3, -0.25) is 0 Å². The summed E-state index contributed by atoms with van der Waals surface area (Å²) >= 11 is 0. The lowest BCUT2D eigenvalue weighted by Gasteiger charge is -2.09. The molecule has 0 aliphatic rings. The molecule has 3 heterocycles. The molecular formula is C20H20N4O2. The van der Waals surface area contributed by atoms with Crippen LogP contribution in [0.5, 0.6) is 5.75 Å². The third-order valence-corrected chi connectivity index (χ3v) is 4.65. The van der Waals surface area contributed by atoms with E-state index in [2.05, 4.69) is 33.7 Å². The summed E-state index contributed by atoms with van der Waals surface area (Å²) in [5.41, 5.74) is 4.14. The number of aromatic nitrogens is 3. The van der Waals surface area contributed by atoms with Gasteiger partial charge in [-0.2, -0.15) is 0 Å². The second kappa shape index (κ2) is 6.55. The van der Waals surface area contributed by atoms with Gasteiger partial charge in [0.1, 0.15) is 29.3 Å². The van der Waals surface area contributed by atoms with Crippen molar-refractivity contribution in [1.82, 2.24) is 14.5 Å². The maximum atomic E-state index is 5.51. The zero-order valence-corrected chi connectivity index (χ0v) is 15.0. The summed E-state index contributed by atoms with van der Waals surface area (Å²) in [7, 11) is 1.66. The maximum absolute atomic E-state index is 5.51. The average molecular weight is 348 g/mol. The lowest BCUT2D eigenvalue weighted by Crippen LogP contribution is -2.02. The summed E-state index contributed by atoms with van der Waals surface area (Å²) in [4.78, 5) is 8.99. The topological polar surface area (TPSA) is 65.1 Å². The molecule has 0 saturated heterocycles. The number of anilines is 2. The number of furan rings is 1. The molecule has 0 fully saturated rings. The van der Waals surface area contributed by atoms with E-state index in [0.29, 0.717) is 6.54 Å². The number of fused-ring (bicyclic) bond motifs is 1. The van der Waals surface area contributed by atoms with Gasteiger partial charge in [-0.25, -0.2) is 9.97 Å². The molecule has 3 aromatic heterocycles. The van der Waals surface area contributed by atoms with E-state index in [1.165, 1.54) is 0 Å². The molecule has 0 bridgehead atoms. The van der Waals surface area contributed by atoms with Crippen LogP contribution in [0.15, 0.2) is 53.4 Å². The van der Waals surface area contributed by atoms with Crippen LogP contribution in [0.2, 0.25) is 0 Å². The molecule has 6 nitrogen and oxygen atoms in total. The molecule has 0 aliphatic heterocycles. The van der Waals surface area contributed by atoms with Crippen LogP contribution in [0.3, 0.4) is 0 Å². The molecule has 0 amide bonds. The second-order valence-electron chi connectivity index (χ2n) is 6.15. The lowest BCUT2D eigenvalue weighted by molar-refractivity contribution is 0.415. The van der Waals surface area contributed by atoms with Gasteiger partial charge in [0.05, 0.1) is 25.3 Å². The molecule has 0 unspecified atom stereocenters. The molecule has 6 heteroatoms. The van der Waals surface area contributed by atoms with Crippen LogP contribution in [-0.2, 0) is 6.54 Å². The van der Waals surface area contributed by atoms with Crippen LogP contribution in [0, 0.1) is 13.8 Å². The molecule has 26 heavy (non-hydrogen) atoms. The molecule has 4 aromatic rings. The average Bonchev–Trinajstić information content (AvgIpc) is 3.26. The van der Waals surface area contributed by atoms with Crippen molar-refractivity contribution in [3.63, 3.8) is 0 Å². The van der Waals surface area contributed by atoms with Gasteiger partial charge < -0.3 is 19.0 Å². The number of methoxy groups -OCH3 is 1. The number of rotatable bonds is 5. The standard InChI is InChI=1S/C20H20N4O2/c1-13-14(2)24(11-17-5-4-10-26-17)20-18(13)19(21-12-22-20)23-15-6-8-16(25-3)9-7-15/h4-10,12H,11H2,1-3H3,(H,21,22,23). The lowest BCUT2D eigenvalue weighted by atomic mass is 10.2. The van der Waals surface area contributed by atoms with Gasteiger partial charge in [0.2, 0.25) is 0 Å².